The topological polar surface area (TPSA) is 98.5 Å². The Hall–Kier alpha value is -0.660. The fourth-order valence-corrected chi connectivity index (χ4v) is 1.05. The van der Waals surface area contributed by atoms with E-state index in [1.807, 2.05) is 0 Å². The minimum atomic E-state index is -3.45. The lowest BCUT2D eigenvalue weighted by molar-refractivity contribution is -0.141. The number of esters is 1. The predicted molar refractivity (Wildman–Crippen MR) is 47.5 cm³/mol. The molecule has 0 rings (SSSR count). The molecule has 0 saturated heterocycles. The molecule has 0 amide bonds. The van der Waals surface area contributed by atoms with Gasteiger partial charge in [-0.05, 0) is 6.92 Å². The number of hydrogen-bond acceptors (Lipinski definition) is 5. The highest BCUT2D eigenvalue weighted by molar-refractivity contribution is 7.89. The quantitative estimate of drug-likeness (QED) is 0.407. The van der Waals surface area contributed by atoms with Crippen LogP contribution in [0.5, 0.6) is 0 Å². The van der Waals surface area contributed by atoms with Gasteiger partial charge in [0.25, 0.3) is 0 Å². The molecule has 13 heavy (non-hydrogen) atoms. The summed E-state index contributed by atoms with van der Waals surface area (Å²) < 4.78 is 25.4. The summed E-state index contributed by atoms with van der Waals surface area (Å²) in [5.41, 5.74) is 0. The Labute approximate surface area is 77.5 Å². The number of primary sulfonamides is 1. The summed E-state index contributed by atoms with van der Waals surface area (Å²) in [4.78, 5) is 10.7. The lowest BCUT2D eigenvalue weighted by Gasteiger charge is -2.02. The van der Waals surface area contributed by atoms with E-state index >= 15 is 0 Å². The minimum absolute atomic E-state index is 0.00333. The molecule has 0 aliphatic heterocycles. The summed E-state index contributed by atoms with van der Waals surface area (Å²) in [6.45, 7) is 2.17. The van der Waals surface area contributed by atoms with Gasteiger partial charge in [0.15, 0.2) is 0 Å². The Morgan fingerprint density at radius 3 is 2.62 bits per heavy atom. The van der Waals surface area contributed by atoms with Gasteiger partial charge in [-0.1, -0.05) is 0 Å². The molecule has 0 spiro atoms. The largest absolute Gasteiger partial charge is 0.465 e. The van der Waals surface area contributed by atoms with Crippen LogP contribution in [0.25, 0.3) is 0 Å². The molecule has 0 fully saturated rings. The smallest absolute Gasteiger partial charge is 0.319 e. The third-order valence-electron chi connectivity index (χ3n) is 1.14. The number of nitrogens with two attached hydrogens (primary N) is 1. The summed E-state index contributed by atoms with van der Waals surface area (Å²) in [7, 11) is -3.45. The number of sulfonamides is 1. The van der Waals surface area contributed by atoms with E-state index in [9.17, 15) is 13.2 Å². The number of rotatable bonds is 6. The number of hydrogen-bond donors (Lipinski definition) is 2. The highest BCUT2D eigenvalue weighted by Gasteiger charge is 2.03. The SMILES string of the molecule is CCOC(=O)CNCCS(N)(=O)=O. The average Bonchev–Trinajstić information content (AvgIpc) is 1.97. The standard InChI is InChI=1S/C6H14N2O4S/c1-2-12-6(9)5-8-3-4-13(7,10)11/h8H,2-5H2,1H3,(H2,7,10,11). The Bertz CT molecular complexity index is 249. The van der Waals surface area contributed by atoms with Crippen molar-refractivity contribution >= 4 is 16.0 Å². The third-order valence-corrected chi connectivity index (χ3v) is 1.91. The minimum Gasteiger partial charge on any atom is -0.465 e. The van der Waals surface area contributed by atoms with Crippen molar-refractivity contribution < 1.29 is 17.9 Å². The molecular formula is C6H14N2O4S. The Kier molecular flexibility index (Phi) is 5.60. The van der Waals surface area contributed by atoms with Crippen molar-refractivity contribution in [2.24, 2.45) is 5.14 Å². The molecule has 0 unspecified atom stereocenters. The van der Waals surface area contributed by atoms with Crippen molar-refractivity contribution in [2.75, 3.05) is 25.4 Å². The summed E-state index contributed by atoms with van der Waals surface area (Å²) in [6, 6.07) is 0. The summed E-state index contributed by atoms with van der Waals surface area (Å²) >= 11 is 0. The zero-order valence-electron chi connectivity index (χ0n) is 7.45. The Morgan fingerprint density at radius 2 is 2.15 bits per heavy atom. The molecule has 0 heterocycles. The zero-order chi connectivity index (χ0) is 10.3. The first kappa shape index (κ1) is 12.3. The first-order valence-electron chi connectivity index (χ1n) is 3.82. The van der Waals surface area contributed by atoms with Crippen LogP contribution in [0.4, 0.5) is 0 Å². The maximum atomic E-state index is 10.7. The van der Waals surface area contributed by atoms with Crippen LogP contribution < -0.4 is 10.5 Å². The summed E-state index contributed by atoms with van der Waals surface area (Å²) in [6.07, 6.45) is 0. The van der Waals surface area contributed by atoms with Crippen LogP contribution >= 0.6 is 0 Å². The van der Waals surface area contributed by atoms with Gasteiger partial charge in [-0.2, -0.15) is 0 Å². The maximum Gasteiger partial charge on any atom is 0.319 e. The van der Waals surface area contributed by atoms with Crippen LogP contribution in [-0.2, 0) is 19.6 Å². The van der Waals surface area contributed by atoms with Crippen LogP contribution in [0.2, 0.25) is 0 Å². The molecular weight excluding hydrogens is 196 g/mol. The molecule has 0 aromatic rings. The second-order valence-electron chi connectivity index (χ2n) is 2.35. The second-order valence-corrected chi connectivity index (χ2v) is 4.08. The highest BCUT2D eigenvalue weighted by Crippen LogP contribution is 1.77. The summed E-state index contributed by atoms with van der Waals surface area (Å²) in [5, 5.41) is 7.32. The van der Waals surface area contributed by atoms with Gasteiger partial charge in [0.1, 0.15) is 0 Å². The van der Waals surface area contributed by atoms with Gasteiger partial charge in [0.05, 0.1) is 18.9 Å². The number of nitrogens with one attached hydrogen (secondary N) is 1. The third kappa shape index (κ3) is 9.25. The van der Waals surface area contributed by atoms with Gasteiger partial charge in [-0.25, -0.2) is 13.6 Å². The summed E-state index contributed by atoms with van der Waals surface area (Å²) in [5.74, 6) is -0.594. The fraction of sp³-hybridized carbons (Fsp3) is 0.833. The maximum absolute atomic E-state index is 10.7. The van der Waals surface area contributed by atoms with Crippen molar-refractivity contribution in [3.63, 3.8) is 0 Å². The van der Waals surface area contributed by atoms with Crippen molar-refractivity contribution in [1.29, 1.82) is 0 Å². The first-order chi connectivity index (χ1) is 5.95. The molecule has 7 heteroatoms. The predicted octanol–water partition coefficient (Wildman–Crippen LogP) is -1.57. The molecule has 78 valence electrons. The van der Waals surface area contributed by atoms with Gasteiger partial charge in [0, 0.05) is 6.54 Å². The molecule has 6 nitrogen and oxygen atoms in total. The Morgan fingerprint density at radius 1 is 1.54 bits per heavy atom. The molecule has 0 saturated carbocycles. The average molecular weight is 210 g/mol. The van der Waals surface area contributed by atoms with Crippen LogP contribution in [-0.4, -0.2) is 39.8 Å². The lowest BCUT2D eigenvalue weighted by atomic mass is 10.6. The van der Waals surface area contributed by atoms with E-state index in [4.69, 9.17) is 5.14 Å². The molecule has 0 bridgehead atoms. The number of carbonyl (C=O) groups excluding carboxylic acids is 1. The molecule has 0 aliphatic carbocycles. The van der Waals surface area contributed by atoms with Gasteiger partial charge >= 0.3 is 5.97 Å². The number of ether oxygens (including phenoxy) is 1. The van der Waals surface area contributed by atoms with E-state index in [0.717, 1.165) is 0 Å². The van der Waals surface area contributed by atoms with Crippen molar-refractivity contribution in [3.05, 3.63) is 0 Å². The van der Waals surface area contributed by atoms with E-state index in [1.165, 1.54) is 0 Å². The molecule has 0 aromatic heterocycles. The Balaban J connectivity index is 3.41. The van der Waals surface area contributed by atoms with Gasteiger partial charge < -0.3 is 10.1 Å². The van der Waals surface area contributed by atoms with Gasteiger partial charge in [-0.3, -0.25) is 4.79 Å². The van der Waals surface area contributed by atoms with E-state index in [0.29, 0.717) is 6.61 Å². The molecule has 0 aromatic carbocycles. The van der Waals surface area contributed by atoms with E-state index in [-0.39, 0.29) is 18.8 Å². The van der Waals surface area contributed by atoms with Crippen molar-refractivity contribution in [2.45, 2.75) is 6.92 Å². The van der Waals surface area contributed by atoms with E-state index < -0.39 is 16.0 Å². The van der Waals surface area contributed by atoms with Crippen molar-refractivity contribution in [1.82, 2.24) is 5.32 Å². The van der Waals surface area contributed by atoms with Crippen LogP contribution in [0.15, 0.2) is 0 Å². The molecule has 0 radical (unpaired) electrons. The monoisotopic (exact) mass is 210 g/mol. The lowest BCUT2D eigenvalue weighted by Crippen LogP contribution is -2.31. The van der Waals surface area contributed by atoms with E-state index in [1.54, 1.807) is 6.92 Å². The van der Waals surface area contributed by atoms with Crippen LogP contribution in [0.3, 0.4) is 0 Å². The normalized spacial score (nSPS) is 11.2. The van der Waals surface area contributed by atoms with Gasteiger partial charge in [-0.15, -0.1) is 0 Å². The molecule has 0 aliphatic rings. The van der Waals surface area contributed by atoms with Crippen molar-refractivity contribution in [3.8, 4) is 0 Å². The highest BCUT2D eigenvalue weighted by atomic mass is 32.2. The van der Waals surface area contributed by atoms with E-state index in [2.05, 4.69) is 10.1 Å². The molecule has 3 N–H and O–H groups in total. The van der Waals surface area contributed by atoms with Gasteiger partial charge in [0.2, 0.25) is 10.0 Å². The zero-order valence-corrected chi connectivity index (χ0v) is 8.26. The van der Waals surface area contributed by atoms with Crippen LogP contribution in [0, 0.1) is 0 Å². The molecule has 0 atom stereocenters. The van der Waals surface area contributed by atoms with Crippen LogP contribution in [0.1, 0.15) is 6.92 Å². The second kappa shape index (κ2) is 5.90. The number of carbonyl (C=O) groups is 1. The first-order valence-corrected chi connectivity index (χ1v) is 5.54. The fourth-order valence-electron chi connectivity index (χ4n) is 0.617.